The molecule has 0 aliphatic carbocycles. The molecule has 1 N–H and O–H groups in total. The molecule has 94 valence electrons. The molecule has 1 heterocycles. The van der Waals surface area contributed by atoms with Crippen LogP contribution in [0.15, 0.2) is 11.4 Å². The highest BCUT2D eigenvalue weighted by Gasteiger charge is 2.22. The minimum atomic E-state index is -1.14. The fourth-order valence-corrected chi connectivity index (χ4v) is 2.10. The summed E-state index contributed by atoms with van der Waals surface area (Å²) in [6.07, 6.45) is 0. The fraction of sp³-hybridized carbons (Fsp3) is 0.333. The topological polar surface area (TPSA) is 91.0 Å². The van der Waals surface area contributed by atoms with Crippen molar-refractivity contribution in [1.29, 1.82) is 10.7 Å². The Morgan fingerprint density at radius 1 is 1.61 bits per heavy atom. The van der Waals surface area contributed by atoms with Gasteiger partial charge >= 0.3 is 5.97 Å². The SMILES string of the molecule is CC(=N)[C@@H](C#N)C(=O)COC(=O)c1sccc1C. The standard InChI is InChI=1S/C12H12N2O3S/c1-7-3-4-18-11(7)12(16)17-6-10(15)9(5-13)8(2)14/h3-4,9,14H,6H2,1-2H3/t9-/m1/s1. The number of ether oxygens (including phenoxy) is 1. The molecular weight excluding hydrogens is 252 g/mol. The lowest BCUT2D eigenvalue weighted by Crippen LogP contribution is -2.25. The summed E-state index contributed by atoms with van der Waals surface area (Å²) < 4.78 is 4.84. The van der Waals surface area contributed by atoms with E-state index in [9.17, 15) is 9.59 Å². The van der Waals surface area contributed by atoms with Gasteiger partial charge in [0.15, 0.2) is 12.4 Å². The second-order valence-electron chi connectivity index (χ2n) is 3.72. The molecule has 0 saturated heterocycles. The maximum absolute atomic E-state index is 11.6. The van der Waals surface area contributed by atoms with E-state index in [4.69, 9.17) is 15.4 Å². The third-order valence-corrected chi connectivity index (χ3v) is 3.27. The second kappa shape index (κ2) is 6.07. The number of thiophene rings is 1. The maximum Gasteiger partial charge on any atom is 0.349 e. The van der Waals surface area contributed by atoms with Crippen LogP contribution in [0.5, 0.6) is 0 Å². The van der Waals surface area contributed by atoms with E-state index in [2.05, 4.69) is 0 Å². The zero-order chi connectivity index (χ0) is 13.7. The Labute approximate surface area is 109 Å². The van der Waals surface area contributed by atoms with Crippen LogP contribution < -0.4 is 0 Å². The normalized spacial score (nSPS) is 11.4. The van der Waals surface area contributed by atoms with Gasteiger partial charge in [0.2, 0.25) is 0 Å². The Morgan fingerprint density at radius 3 is 2.72 bits per heavy atom. The number of esters is 1. The van der Waals surface area contributed by atoms with Crippen molar-refractivity contribution in [1.82, 2.24) is 0 Å². The van der Waals surface area contributed by atoms with Gasteiger partial charge in [-0.2, -0.15) is 5.26 Å². The van der Waals surface area contributed by atoms with Gasteiger partial charge in [0.05, 0.1) is 6.07 Å². The van der Waals surface area contributed by atoms with Crippen molar-refractivity contribution < 1.29 is 14.3 Å². The molecular formula is C12H12N2O3S. The van der Waals surface area contributed by atoms with E-state index in [1.165, 1.54) is 18.3 Å². The Bertz CT molecular complexity index is 528. The molecule has 0 aliphatic heterocycles. The predicted octanol–water partition coefficient (Wildman–Crippen LogP) is 1.96. The number of rotatable bonds is 5. The number of carbonyl (C=O) groups excluding carboxylic acids is 2. The van der Waals surface area contributed by atoms with Crippen LogP contribution in [0.4, 0.5) is 0 Å². The first-order valence-corrected chi connectivity index (χ1v) is 6.04. The third-order valence-electron chi connectivity index (χ3n) is 2.28. The van der Waals surface area contributed by atoms with Crippen LogP contribution in [-0.2, 0) is 9.53 Å². The number of hydrogen-bond donors (Lipinski definition) is 1. The van der Waals surface area contributed by atoms with Gasteiger partial charge in [-0.05, 0) is 30.9 Å². The van der Waals surface area contributed by atoms with Gasteiger partial charge in [0.25, 0.3) is 0 Å². The molecule has 1 aromatic rings. The molecule has 6 heteroatoms. The summed E-state index contributed by atoms with van der Waals surface area (Å²) in [5, 5.41) is 17.7. The molecule has 0 saturated carbocycles. The zero-order valence-corrected chi connectivity index (χ0v) is 10.8. The summed E-state index contributed by atoms with van der Waals surface area (Å²) in [7, 11) is 0. The lowest BCUT2D eigenvalue weighted by atomic mass is 10.0. The van der Waals surface area contributed by atoms with Crippen LogP contribution in [-0.4, -0.2) is 24.1 Å². The zero-order valence-electron chi connectivity index (χ0n) is 10.0. The van der Waals surface area contributed by atoms with Gasteiger partial charge in [0.1, 0.15) is 10.8 Å². The van der Waals surface area contributed by atoms with Crippen molar-refractivity contribution in [2.24, 2.45) is 5.92 Å². The fourth-order valence-electron chi connectivity index (χ4n) is 1.28. The van der Waals surface area contributed by atoms with E-state index in [0.29, 0.717) is 4.88 Å². The van der Waals surface area contributed by atoms with E-state index in [-0.39, 0.29) is 5.71 Å². The maximum atomic E-state index is 11.6. The minimum absolute atomic E-state index is 0.0501. The molecule has 0 unspecified atom stereocenters. The number of aryl methyl sites for hydroxylation is 1. The minimum Gasteiger partial charge on any atom is -0.453 e. The lowest BCUT2D eigenvalue weighted by molar-refractivity contribution is -0.122. The highest BCUT2D eigenvalue weighted by molar-refractivity contribution is 7.12. The first-order valence-electron chi connectivity index (χ1n) is 5.16. The van der Waals surface area contributed by atoms with Crippen LogP contribution in [0.2, 0.25) is 0 Å². The summed E-state index contributed by atoms with van der Waals surface area (Å²) in [6.45, 7) is 2.66. The summed E-state index contributed by atoms with van der Waals surface area (Å²) in [6, 6.07) is 3.49. The van der Waals surface area contributed by atoms with Gasteiger partial charge in [-0.3, -0.25) is 4.79 Å². The summed E-state index contributed by atoms with van der Waals surface area (Å²) in [4.78, 5) is 23.6. The van der Waals surface area contributed by atoms with E-state index in [1.807, 2.05) is 0 Å². The van der Waals surface area contributed by atoms with E-state index < -0.39 is 24.3 Å². The van der Waals surface area contributed by atoms with Crippen molar-refractivity contribution >= 4 is 28.8 Å². The Kier molecular flexibility index (Phi) is 4.75. The number of nitrogens with zero attached hydrogens (tertiary/aromatic N) is 1. The van der Waals surface area contributed by atoms with Gasteiger partial charge in [0, 0.05) is 5.71 Å². The van der Waals surface area contributed by atoms with Crippen LogP contribution >= 0.6 is 11.3 Å². The summed E-state index contributed by atoms with van der Waals surface area (Å²) >= 11 is 1.24. The predicted molar refractivity (Wildman–Crippen MR) is 66.8 cm³/mol. The average molecular weight is 264 g/mol. The van der Waals surface area contributed by atoms with Crippen LogP contribution in [0.25, 0.3) is 0 Å². The number of nitriles is 1. The van der Waals surface area contributed by atoms with Crippen molar-refractivity contribution in [3.05, 3.63) is 21.9 Å². The highest BCUT2D eigenvalue weighted by atomic mass is 32.1. The van der Waals surface area contributed by atoms with Crippen molar-refractivity contribution in [2.45, 2.75) is 13.8 Å². The van der Waals surface area contributed by atoms with Gasteiger partial charge < -0.3 is 10.1 Å². The van der Waals surface area contributed by atoms with Crippen LogP contribution in [0.3, 0.4) is 0 Å². The average Bonchev–Trinajstić information content (AvgIpc) is 2.72. The molecule has 1 atom stereocenters. The van der Waals surface area contributed by atoms with Gasteiger partial charge in [-0.15, -0.1) is 11.3 Å². The van der Waals surface area contributed by atoms with Crippen molar-refractivity contribution in [3.63, 3.8) is 0 Å². The van der Waals surface area contributed by atoms with Crippen molar-refractivity contribution in [2.75, 3.05) is 6.61 Å². The first-order chi connectivity index (χ1) is 8.47. The Balaban J connectivity index is 2.59. The molecule has 1 rings (SSSR count). The molecule has 5 nitrogen and oxygen atoms in total. The molecule has 0 spiro atoms. The number of nitrogens with one attached hydrogen (secondary N) is 1. The van der Waals surface area contributed by atoms with E-state index >= 15 is 0 Å². The molecule has 0 amide bonds. The Hall–Kier alpha value is -2.00. The smallest absolute Gasteiger partial charge is 0.349 e. The van der Waals surface area contributed by atoms with E-state index in [1.54, 1.807) is 24.4 Å². The summed E-state index contributed by atoms with van der Waals surface area (Å²) in [5.74, 6) is -2.29. The first kappa shape index (κ1) is 14.1. The molecule has 0 aromatic carbocycles. The number of Topliss-reactive ketones (excluding diaryl/α,β-unsaturated/α-hetero) is 1. The lowest BCUT2D eigenvalue weighted by Gasteiger charge is -2.07. The number of ketones is 1. The molecule has 0 radical (unpaired) electrons. The second-order valence-corrected chi connectivity index (χ2v) is 4.64. The van der Waals surface area contributed by atoms with Crippen molar-refractivity contribution in [3.8, 4) is 6.07 Å². The number of hydrogen-bond acceptors (Lipinski definition) is 6. The van der Waals surface area contributed by atoms with Crippen LogP contribution in [0, 0.1) is 29.6 Å². The highest BCUT2D eigenvalue weighted by Crippen LogP contribution is 2.16. The monoisotopic (exact) mass is 264 g/mol. The molecule has 18 heavy (non-hydrogen) atoms. The number of carbonyl (C=O) groups is 2. The van der Waals surface area contributed by atoms with E-state index in [0.717, 1.165) is 5.56 Å². The molecule has 0 aliphatic rings. The molecule has 0 bridgehead atoms. The Morgan fingerprint density at radius 2 is 2.28 bits per heavy atom. The quantitative estimate of drug-likeness (QED) is 0.650. The largest absolute Gasteiger partial charge is 0.453 e. The molecule has 0 fully saturated rings. The summed E-state index contributed by atoms with van der Waals surface area (Å²) in [5.41, 5.74) is 0.739. The van der Waals surface area contributed by atoms with Crippen LogP contribution in [0.1, 0.15) is 22.2 Å². The third kappa shape index (κ3) is 3.25. The molecule has 1 aromatic heterocycles. The van der Waals surface area contributed by atoms with Gasteiger partial charge in [-0.1, -0.05) is 0 Å². The van der Waals surface area contributed by atoms with Gasteiger partial charge in [-0.25, -0.2) is 4.79 Å².